The van der Waals surface area contributed by atoms with Gasteiger partial charge in [-0.25, -0.2) is 9.59 Å². The van der Waals surface area contributed by atoms with Gasteiger partial charge in [-0.3, -0.25) is 10.3 Å². The summed E-state index contributed by atoms with van der Waals surface area (Å²) < 4.78 is 4.83. The number of rotatable bonds is 3. The van der Waals surface area contributed by atoms with Crippen molar-refractivity contribution in [1.29, 1.82) is 0 Å². The molecule has 1 aromatic heterocycles. The summed E-state index contributed by atoms with van der Waals surface area (Å²) in [4.78, 5) is 25.5. The van der Waals surface area contributed by atoms with E-state index >= 15 is 0 Å². The van der Waals surface area contributed by atoms with Gasteiger partial charge >= 0.3 is 12.1 Å². The predicted molar refractivity (Wildman–Crippen MR) is 56.4 cm³/mol. The Labute approximate surface area is 92.3 Å². The first kappa shape index (κ1) is 12.0. The third-order valence-electron chi connectivity index (χ3n) is 1.57. The van der Waals surface area contributed by atoms with Gasteiger partial charge in [0.05, 0.1) is 23.6 Å². The molecule has 0 unspecified atom stereocenters. The topological polar surface area (TPSA) is 88.5 Å². The molecule has 0 saturated heterocycles. The number of amides is 1. The highest BCUT2D eigenvalue weighted by Crippen LogP contribution is 2.09. The number of nitrogens with zero attached hydrogens (tertiary/aromatic N) is 1. The molecule has 1 amide bonds. The van der Waals surface area contributed by atoms with Crippen molar-refractivity contribution < 1.29 is 19.4 Å². The summed E-state index contributed by atoms with van der Waals surface area (Å²) in [5.41, 5.74) is 0.285. The number of carbonyl (C=O) groups is 2. The SMILES string of the molecule is CC(C)OC(=O)Nc1cncc(C(=O)O)c1. The third kappa shape index (κ3) is 3.56. The lowest BCUT2D eigenvalue weighted by atomic mass is 10.3. The molecule has 0 aromatic carbocycles. The van der Waals surface area contributed by atoms with Crippen LogP contribution in [0.4, 0.5) is 10.5 Å². The van der Waals surface area contributed by atoms with E-state index in [1.54, 1.807) is 13.8 Å². The monoisotopic (exact) mass is 224 g/mol. The first-order chi connectivity index (χ1) is 7.49. The van der Waals surface area contributed by atoms with E-state index in [1.165, 1.54) is 18.5 Å². The number of aromatic nitrogens is 1. The molecule has 0 atom stereocenters. The molecule has 1 rings (SSSR count). The summed E-state index contributed by atoms with van der Waals surface area (Å²) in [6.07, 6.45) is 1.66. The van der Waals surface area contributed by atoms with E-state index in [9.17, 15) is 9.59 Å². The van der Waals surface area contributed by atoms with E-state index in [0.717, 1.165) is 0 Å². The fourth-order valence-electron chi connectivity index (χ4n) is 0.987. The first-order valence-corrected chi connectivity index (χ1v) is 4.65. The van der Waals surface area contributed by atoms with Crippen LogP contribution in [0.15, 0.2) is 18.5 Å². The average Bonchev–Trinajstić information content (AvgIpc) is 2.16. The Kier molecular flexibility index (Phi) is 3.82. The molecule has 0 aliphatic rings. The second-order valence-corrected chi connectivity index (χ2v) is 3.35. The first-order valence-electron chi connectivity index (χ1n) is 4.65. The standard InChI is InChI=1S/C10H12N2O4/c1-6(2)16-10(15)12-8-3-7(9(13)14)4-11-5-8/h3-6H,1-2H3,(H,12,15)(H,13,14). The van der Waals surface area contributed by atoms with Crippen LogP contribution in [0.25, 0.3) is 0 Å². The molecule has 0 radical (unpaired) electrons. The van der Waals surface area contributed by atoms with Crippen LogP contribution in [0.1, 0.15) is 24.2 Å². The van der Waals surface area contributed by atoms with Crippen molar-refractivity contribution >= 4 is 17.7 Å². The van der Waals surface area contributed by atoms with Crippen LogP contribution in [0.3, 0.4) is 0 Å². The Balaban J connectivity index is 2.70. The third-order valence-corrected chi connectivity index (χ3v) is 1.57. The molecule has 16 heavy (non-hydrogen) atoms. The van der Waals surface area contributed by atoms with Gasteiger partial charge in [0.1, 0.15) is 0 Å². The molecule has 0 spiro atoms. The molecule has 1 aromatic rings. The van der Waals surface area contributed by atoms with Gasteiger partial charge in [-0.2, -0.15) is 0 Å². The normalized spacial score (nSPS) is 9.94. The van der Waals surface area contributed by atoms with Crippen molar-refractivity contribution in [1.82, 2.24) is 4.98 Å². The lowest BCUT2D eigenvalue weighted by molar-refractivity contribution is 0.0696. The van der Waals surface area contributed by atoms with Gasteiger partial charge in [0.15, 0.2) is 0 Å². The molecular formula is C10H12N2O4. The summed E-state index contributed by atoms with van der Waals surface area (Å²) in [5.74, 6) is -1.10. The number of hydrogen-bond donors (Lipinski definition) is 2. The van der Waals surface area contributed by atoms with Crippen molar-refractivity contribution in [2.45, 2.75) is 20.0 Å². The minimum Gasteiger partial charge on any atom is -0.478 e. The molecule has 0 saturated carbocycles. The van der Waals surface area contributed by atoms with Gasteiger partial charge in [0.25, 0.3) is 0 Å². The molecule has 0 bridgehead atoms. The van der Waals surface area contributed by atoms with E-state index in [4.69, 9.17) is 9.84 Å². The molecule has 6 nitrogen and oxygen atoms in total. The highest BCUT2D eigenvalue weighted by Gasteiger charge is 2.08. The van der Waals surface area contributed by atoms with Crippen molar-refractivity contribution in [2.75, 3.05) is 5.32 Å². The van der Waals surface area contributed by atoms with Gasteiger partial charge in [0.2, 0.25) is 0 Å². The van der Waals surface area contributed by atoms with Crippen molar-refractivity contribution in [3.8, 4) is 0 Å². The van der Waals surface area contributed by atoms with Crippen LogP contribution in [-0.2, 0) is 4.74 Å². The molecule has 2 N–H and O–H groups in total. The Morgan fingerprint density at radius 2 is 2.12 bits per heavy atom. The van der Waals surface area contributed by atoms with E-state index in [0.29, 0.717) is 0 Å². The molecule has 0 fully saturated rings. The minimum absolute atomic E-state index is 0.00217. The van der Waals surface area contributed by atoms with Gasteiger partial charge in [0, 0.05) is 6.20 Å². The Morgan fingerprint density at radius 3 is 2.69 bits per heavy atom. The van der Waals surface area contributed by atoms with Crippen molar-refractivity contribution in [3.63, 3.8) is 0 Å². The lowest BCUT2D eigenvalue weighted by Gasteiger charge is -2.09. The number of pyridine rings is 1. The lowest BCUT2D eigenvalue weighted by Crippen LogP contribution is -2.18. The summed E-state index contributed by atoms with van der Waals surface area (Å²) in [5, 5.41) is 11.1. The number of ether oxygens (including phenoxy) is 1. The number of carboxylic acid groups (broad SMARTS) is 1. The second-order valence-electron chi connectivity index (χ2n) is 3.35. The number of aromatic carboxylic acids is 1. The average molecular weight is 224 g/mol. The highest BCUT2D eigenvalue weighted by molar-refractivity contribution is 5.90. The number of nitrogens with one attached hydrogen (secondary N) is 1. The van der Waals surface area contributed by atoms with Crippen molar-refractivity contribution in [3.05, 3.63) is 24.0 Å². The zero-order chi connectivity index (χ0) is 12.1. The van der Waals surface area contributed by atoms with Crippen LogP contribution < -0.4 is 5.32 Å². The summed E-state index contributed by atoms with van der Waals surface area (Å²) in [6, 6.07) is 1.30. The van der Waals surface area contributed by atoms with Gasteiger partial charge in [-0.15, -0.1) is 0 Å². The van der Waals surface area contributed by atoms with Crippen LogP contribution in [-0.4, -0.2) is 28.3 Å². The van der Waals surface area contributed by atoms with Crippen LogP contribution in [0.2, 0.25) is 0 Å². The molecular weight excluding hydrogens is 212 g/mol. The maximum atomic E-state index is 11.2. The smallest absolute Gasteiger partial charge is 0.411 e. The van der Waals surface area contributed by atoms with E-state index in [-0.39, 0.29) is 17.4 Å². The maximum absolute atomic E-state index is 11.2. The molecule has 0 aliphatic heterocycles. The second kappa shape index (κ2) is 5.11. The number of carbonyl (C=O) groups excluding carboxylic acids is 1. The highest BCUT2D eigenvalue weighted by atomic mass is 16.6. The molecule has 86 valence electrons. The summed E-state index contributed by atoms with van der Waals surface area (Å²) >= 11 is 0. The number of carboxylic acids is 1. The van der Waals surface area contributed by atoms with Gasteiger partial charge in [-0.1, -0.05) is 0 Å². The van der Waals surface area contributed by atoms with E-state index < -0.39 is 12.1 Å². The van der Waals surface area contributed by atoms with Gasteiger partial charge < -0.3 is 9.84 Å². The molecule has 0 aliphatic carbocycles. The van der Waals surface area contributed by atoms with E-state index in [1.807, 2.05) is 0 Å². The minimum atomic E-state index is -1.10. The fourth-order valence-corrected chi connectivity index (χ4v) is 0.987. The molecule has 6 heteroatoms. The van der Waals surface area contributed by atoms with Crippen LogP contribution >= 0.6 is 0 Å². The summed E-state index contributed by atoms with van der Waals surface area (Å²) in [7, 11) is 0. The fraction of sp³-hybridized carbons (Fsp3) is 0.300. The Hall–Kier alpha value is -2.11. The number of hydrogen-bond acceptors (Lipinski definition) is 4. The number of anilines is 1. The van der Waals surface area contributed by atoms with E-state index in [2.05, 4.69) is 10.3 Å². The largest absolute Gasteiger partial charge is 0.478 e. The van der Waals surface area contributed by atoms with Crippen LogP contribution in [0, 0.1) is 0 Å². The zero-order valence-electron chi connectivity index (χ0n) is 8.93. The summed E-state index contributed by atoms with van der Waals surface area (Å²) in [6.45, 7) is 3.43. The predicted octanol–water partition coefficient (Wildman–Crippen LogP) is 1.74. The molecule has 1 heterocycles. The Bertz CT molecular complexity index is 404. The van der Waals surface area contributed by atoms with Crippen molar-refractivity contribution in [2.24, 2.45) is 0 Å². The quantitative estimate of drug-likeness (QED) is 0.816. The van der Waals surface area contributed by atoms with Crippen LogP contribution in [0.5, 0.6) is 0 Å². The Morgan fingerprint density at radius 1 is 1.44 bits per heavy atom. The zero-order valence-corrected chi connectivity index (χ0v) is 8.93. The maximum Gasteiger partial charge on any atom is 0.411 e. The van der Waals surface area contributed by atoms with Gasteiger partial charge in [-0.05, 0) is 19.9 Å².